The molecule has 1 unspecified atom stereocenters. The monoisotopic (exact) mass is 528 g/mol. The summed E-state index contributed by atoms with van der Waals surface area (Å²) in [4.78, 5) is 17.0. The number of hydrogen-bond acceptors (Lipinski definition) is 9. The molecule has 0 aliphatic heterocycles. The number of sulfonamides is 1. The maximum absolute atomic E-state index is 12.9. The van der Waals surface area contributed by atoms with Crippen molar-refractivity contribution in [2.24, 2.45) is 5.14 Å². The molecule has 162 valence electrons. The SMILES string of the molecule is NS(=O)(=O)CCNC(=O)C(c1nc2ccc(Br)cc2s1)S(=O)(=O)CCNCCO. The molecular weight excluding hydrogens is 508 g/mol. The van der Waals surface area contributed by atoms with Gasteiger partial charge in [-0.2, -0.15) is 0 Å². The number of carbonyl (C=O) groups is 1. The Morgan fingerprint density at radius 1 is 1.21 bits per heavy atom. The first-order chi connectivity index (χ1) is 13.5. The van der Waals surface area contributed by atoms with E-state index in [1.54, 1.807) is 18.2 Å². The first-order valence-corrected chi connectivity index (χ1v) is 13.4. The summed E-state index contributed by atoms with van der Waals surface area (Å²) in [5.74, 6) is -1.75. The fraction of sp³-hybridized carbons (Fsp3) is 0.467. The van der Waals surface area contributed by atoms with Gasteiger partial charge in [0.2, 0.25) is 15.9 Å². The Labute approximate surface area is 181 Å². The van der Waals surface area contributed by atoms with Gasteiger partial charge in [-0.3, -0.25) is 4.79 Å². The molecule has 2 aromatic rings. The van der Waals surface area contributed by atoms with Crippen LogP contribution in [0.4, 0.5) is 0 Å². The Morgan fingerprint density at radius 3 is 2.59 bits per heavy atom. The van der Waals surface area contributed by atoms with Crippen LogP contribution in [0.1, 0.15) is 10.3 Å². The Hall–Kier alpha value is -1.16. The molecule has 0 bridgehead atoms. The minimum atomic E-state index is -3.98. The van der Waals surface area contributed by atoms with Crippen LogP contribution in [0.15, 0.2) is 22.7 Å². The van der Waals surface area contributed by atoms with Crippen molar-refractivity contribution in [3.63, 3.8) is 0 Å². The molecule has 0 spiro atoms. The lowest BCUT2D eigenvalue weighted by Crippen LogP contribution is -2.39. The standard InChI is InChI=1S/C15H21BrN4O6S3/c16-10-1-2-11-12(9-10)27-15(20-11)13(14(22)19-5-8-29(17,25)26)28(23,24)7-4-18-3-6-21/h1-2,9,13,18,21H,3-8H2,(H,19,22)(H2,17,25,26). The normalized spacial score (nSPS) is 13.5. The van der Waals surface area contributed by atoms with Crippen molar-refractivity contribution in [2.75, 3.05) is 37.7 Å². The second kappa shape index (κ2) is 10.2. The molecule has 0 saturated heterocycles. The highest BCUT2D eigenvalue weighted by Gasteiger charge is 2.36. The largest absolute Gasteiger partial charge is 0.395 e. The van der Waals surface area contributed by atoms with Gasteiger partial charge in [0.1, 0.15) is 5.01 Å². The Balaban J connectivity index is 2.31. The number of sulfone groups is 1. The van der Waals surface area contributed by atoms with Gasteiger partial charge in [-0.25, -0.2) is 27.0 Å². The summed E-state index contributed by atoms with van der Waals surface area (Å²) in [5.41, 5.74) is 0.546. The zero-order valence-corrected chi connectivity index (χ0v) is 19.2. The van der Waals surface area contributed by atoms with E-state index in [-0.39, 0.29) is 37.0 Å². The van der Waals surface area contributed by atoms with E-state index in [0.717, 1.165) is 15.8 Å². The van der Waals surface area contributed by atoms with E-state index in [0.29, 0.717) is 10.2 Å². The number of nitrogens with zero attached hydrogens (tertiary/aromatic N) is 1. The fourth-order valence-electron chi connectivity index (χ4n) is 2.40. The van der Waals surface area contributed by atoms with Gasteiger partial charge in [-0.05, 0) is 18.2 Å². The molecular formula is C15H21BrN4O6S3. The van der Waals surface area contributed by atoms with Crippen LogP contribution in [0, 0.1) is 0 Å². The quantitative estimate of drug-likeness (QED) is 0.283. The van der Waals surface area contributed by atoms with Crippen LogP contribution in [0.25, 0.3) is 10.2 Å². The highest BCUT2D eigenvalue weighted by molar-refractivity contribution is 9.10. The summed E-state index contributed by atoms with van der Waals surface area (Å²) in [6.45, 7) is -0.205. The molecule has 2 rings (SSSR count). The van der Waals surface area contributed by atoms with Crippen LogP contribution in [0.5, 0.6) is 0 Å². The number of aliphatic hydroxyl groups is 1. The smallest absolute Gasteiger partial charge is 0.245 e. The second-order valence-electron chi connectivity index (χ2n) is 6.04. The number of nitrogens with two attached hydrogens (primary N) is 1. The van der Waals surface area contributed by atoms with Gasteiger partial charge in [0, 0.05) is 24.1 Å². The van der Waals surface area contributed by atoms with Crippen LogP contribution in [0.3, 0.4) is 0 Å². The second-order valence-corrected chi connectivity index (χ2v) is 12.0. The maximum Gasteiger partial charge on any atom is 0.245 e. The lowest BCUT2D eigenvalue weighted by atomic mass is 10.3. The molecule has 0 fully saturated rings. The van der Waals surface area contributed by atoms with E-state index in [2.05, 4.69) is 31.5 Å². The lowest BCUT2D eigenvalue weighted by molar-refractivity contribution is -0.120. The van der Waals surface area contributed by atoms with Gasteiger partial charge in [-0.1, -0.05) is 15.9 Å². The number of nitrogens with one attached hydrogen (secondary N) is 2. The zero-order chi connectivity index (χ0) is 21.7. The van der Waals surface area contributed by atoms with Crippen molar-refractivity contribution in [1.82, 2.24) is 15.6 Å². The fourth-order valence-corrected chi connectivity index (χ4v) is 6.31. The van der Waals surface area contributed by atoms with Crippen molar-refractivity contribution >= 4 is 63.3 Å². The van der Waals surface area contributed by atoms with Crippen molar-refractivity contribution in [3.8, 4) is 0 Å². The summed E-state index contributed by atoms with van der Waals surface area (Å²) in [6.07, 6.45) is 0. The van der Waals surface area contributed by atoms with Gasteiger partial charge >= 0.3 is 0 Å². The molecule has 1 heterocycles. The zero-order valence-electron chi connectivity index (χ0n) is 15.2. The maximum atomic E-state index is 12.9. The third kappa shape index (κ3) is 7.24. The van der Waals surface area contributed by atoms with Crippen LogP contribution >= 0.6 is 27.3 Å². The van der Waals surface area contributed by atoms with E-state index >= 15 is 0 Å². The summed E-state index contributed by atoms with van der Waals surface area (Å²) in [7, 11) is -7.79. The van der Waals surface area contributed by atoms with E-state index < -0.39 is 36.8 Å². The molecule has 1 aromatic heterocycles. The number of aromatic nitrogens is 1. The molecule has 1 atom stereocenters. The van der Waals surface area contributed by atoms with Crippen LogP contribution < -0.4 is 15.8 Å². The molecule has 29 heavy (non-hydrogen) atoms. The topological polar surface area (TPSA) is 169 Å². The molecule has 0 saturated carbocycles. The molecule has 0 aliphatic carbocycles. The molecule has 0 radical (unpaired) electrons. The molecule has 1 aromatic carbocycles. The van der Waals surface area contributed by atoms with Gasteiger partial charge in [0.25, 0.3) is 0 Å². The molecule has 5 N–H and O–H groups in total. The minimum absolute atomic E-state index is 0.0420. The predicted octanol–water partition coefficient (Wildman–Crippen LogP) is -0.499. The van der Waals surface area contributed by atoms with Crippen molar-refractivity contribution in [2.45, 2.75) is 5.25 Å². The number of halogens is 1. The Morgan fingerprint density at radius 2 is 1.93 bits per heavy atom. The number of rotatable bonds is 11. The van der Waals surface area contributed by atoms with Gasteiger partial charge in [0.15, 0.2) is 15.1 Å². The first kappa shape index (κ1) is 24.1. The molecule has 1 amide bonds. The number of benzene rings is 1. The highest BCUT2D eigenvalue weighted by atomic mass is 79.9. The number of primary sulfonamides is 1. The highest BCUT2D eigenvalue weighted by Crippen LogP contribution is 2.32. The lowest BCUT2D eigenvalue weighted by Gasteiger charge is -2.15. The van der Waals surface area contributed by atoms with Gasteiger partial charge in [0.05, 0.1) is 28.3 Å². The van der Waals surface area contributed by atoms with Crippen molar-refractivity contribution in [3.05, 3.63) is 27.7 Å². The summed E-state index contributed by atoms with van der Waals surface area (Å²) < 4.78 is 49.4. The van der Waals surface area contributed by atoms with Gasteiger partial charge in [-0.15, -0.1) is 11.3 Å². The predicted molar refractivity (Wildman–Crippen MR) is 115 cm³/mol. The number of aliphatic hydroxyl groups excluding tert-OH is 1. The van der Waals surface area contributed by atoms with Crippen molar-refractivity contribution in [1.29, 1.82) is 0 Å². The number of fused-ring (bicyclic) bond motifs is 1. The number of amides is 1. The van der Waals surface area contributed by atoms with Crippen LogP contribution in [-0.2, 0) is 24.7 Å². The van der Waals surface area contributed by atoms with Crippen molar-refractivity contribution < 1.29 is 26.7 Å². The Bertz CT molecular complexity index is 1070. The minimum Gasteiger partial charge on any atom is -0.395 e. The van der Waals surface area contributed by atoms with E-state index in [1.165, 1.54) is 0 Å². The average Bonchev–Trinajstić information content (AvgIpc) is 2.99. The van der Waals surface area contributed by atoms with E-state index in [1.807, 2.05) is 0 Å². The van der Waals surface area contributed by atoms with E-state index in [9.17, 15) is 21.6 Å². The number of hydrogen-bond donors (Lipinski definition) is 4. The first-order valence-electron chi connectivity index (χ1n) is 8.41. The molecule has 10 nitrogen and oxygen atoms in total. The summed E-state index contributed by atoms with van der Waals surface area (Å²) in [6, 6.07) is 5.22. The molecule has 0 aliphatic rings. The average molecular weight is 529 g/mol. The van der Waals surface area contributed by atoms with Crippen LogP contribution in [0.2, 0.25) is 0 Å². The molecule has 14 heteroatoms. The van der Waals surface area contributed by atoms with Gasteiger partial charge < -0.3 is 15.7 Å². The third-order valence-electron chi connectivity index (χ3n) is 3.73. The number of thiazole rings is 1. The third-order valence-corrected chi connectivity index (χ3v) is 8.15. The van der Waals surface area contributed by atoms with Crippen LogP contribution in [-0.4, -0.2) is 70.6 Å². The summed E-state index contributed by atoms with van der Waals surface area (Å²) in [5, 5.41) is 17.3. The van der Waals surface area contributed by atoms with E-state index in [4.69, 9.17) is 10.2 Å². The summed E-state index contributed by atoms with van der Waals surface area (Å²) >= 11 is 4.41. The Kier molecular flexibility index (Phi) is 8.51. The number of carbonyl (C=O) groups excluding carboxylic acids is 1.